The van der Waals surface area contributed by atoms with Crippen molar-refractivity contribution in [1.29, 1.82) is 0 Å². The number of hydrogen-bond acceptors (Lipinski definition) is 2. The fourth-order valence-electron chi connectivity index (χ4n) is 1.08. The van der Waals surface area contributed by atoms with Gasteiger partial charge in [-0.05, 0) is 25.9 Å². The first kappa shape index (κ1) is 12.3. The molecule has 1 nitrogen and oxygen atoms in total. The van der Waals surface area contributed by atoms with Crippen molar-refractivity contribution >= 4 is 11.8 Å². The van der Waals surface area contributed by atoms with Gasteiger partial charge in [-0.25, -0.2) is 0 Å². The van der Waals surface area contributed by atoms with Crippen LogP contribution in [0.5, 0.6) is 0 Å². The summed E-state index contributed by atoms with van der Waals surface area (Å²) in [6.45, 7) is 10.3. The highest BCUT2D eigenvalue weighted by Crippen LogP contribution is 2.24. The van der Waals surface area contributed by atoms with Gasteiger partial charge < -0.3 is 5.32 Å². The number of rotatable bonds is 6. The van der Waals surface area contributed by atoms with Crippen molar-refractivity contribution in [3.05, 3.63) is 0 Å². The molecule has 2 heteroatoms. The van der Waals surface area contributed by atoms with E-state index in [2.05, 4.69) is 44.8 Å². The van der Waals surface area contributed by atoms with Gasteiger partial charge in [-0.3, -0.25) is 0 Å². The highest BCUT2D eigenvalue weighted by molar-refractivity contribution is 8.00. The van der Waals surface area contributed by atoms with Gasteiger partial charge in [0.1, 0.15) is 0 Å². The Morgan fingerprint density at radius 2 is 1.83 bits per heavy atom. The maximum atomic E-state index is 3.23. The molecule has 0 aliphatic carbocycles. The second-order valence-electron chi connectivity index (χ2n) is 3.60. The summed E-state index contributed by atoms with van der Waals surface area (Å²) in [5.74, 6) is 0.772. The molecule has 0 aromatic carbocycles. The SMILES string of the molecule is CCC(C)SC(C)[C@@H](C)CNC. The van der Waals surface area contributed by atoms with Crippen molar-refractivity contribution in [2.24, 2.45) is 5.92 Å². The zero-order valence-electron chi connectivity index (χ0n) is 9.05. The Bertz CT molecular complexity index is 106. The molecular weight excluding hydrogens is 166 g/mol. The van der Waals surface area contributed by atoms with Crippen LogP contribution in [0.25, 0.3) is 0 Å². The molecular formula is C10H23NS. The van der Waals surface area contributed by atoms with E-state index in [1.54, 1.807) is 0 Å². The first-order valence-corrected chi connectivity index (χ1v) is 5.86. The molecule has 0 aliphatic heterocycles. The van der Waals surface area contributed by atoms with Crippen LogP contribution < -0.4 is 5.32 Å². The van der Waals surface area contributed by atoms with Gasteiger partial charge in [0.05, 0.1) is 0 Å². The summed E-state index contributed by atoms with van der Waals surface area (Å²) in [7, 11) is 2.02. The van der Waals surface area contributed by atoms with Gasteiger partial charge in [0, 0.05) is 10.5 Å². The predicted molar refractivity (Wildman–Crippen MR) is 59.9 cm³/mol. The van der Waals surface area contributed by atoms with Crippen molar-refractivity contribution in [2.45, 2.75) is 44.6 Å². The van der Waals surface area contributed by atoms with E-state index < -0.39 is 0 Å². The second kappa shape index (κ2) is 6.79. The molecule has 12 heavy (non-hydrogen) atoms. The van der Waals surface area contributed by atoms with Gasteiger partial charge in [0.15, 0.2) is 0 Å². The molecule has 0 amide bonds. The molecule has 1 N–H and O–H groups in total. The molecule has 0 heterocycles. The van der Waals surface area contributed by atoms with Crippen molar-refractivity contribution < 1.29 is 0 Å². The van der Waals surface area contributed by atoms with Gasteiger partial charge in [0.2, 0.25) is 0 Å². The Hall–Kier alpha value is 0.310. The topological polar surface area (TPSA) is 12.0 Å². The lowest BCUT2D eigenvalue weighted by Gasteiger charge is -2.21. The zero-order valence-corrected chi connectivity index (χ0v) is 9.87. The minimum absolute atomic E-state index is 0.771. The van der Waals surface area contributed by atoms with E-state index in [4.69, 9.17) is 0 Å². The third-order valence-electron chi connectivity index (χ3n) is 2.35. The van der Waals surface area contributed by atoms with Gasteiger partial charge in [-0.1, -0.05) is 27.7 Å². The molecule has 0 aromatic rings. The van der Waals surface area contributed by atoms with Crippen LogP contribution in [0, 0.1) is 5.92 Å². The Balaban J connectivity index is 3.62. The maximum Gasteiger partial charge on any atom is 0.00591 e. The molecule has 0 aromatic heterocycles. The van der Waals surface area contributed by atoms with Gasteiger partial charge in [-0.2, -0.15) is 11.8 Å². The minimum Gasteiger partial charge on any atom is -0.319 e. The molecule has 0 radical (unpaired) electrons. The largest absolute Gasteiger partial charge is 0.319 e. The lowest BCUT2D eigenvalue weighted by atomic mass is 10.1. The summed E-state index contributed by atoms with van der Waals surface area (Å²) in [4.78, 5) is 0. The summed E-state index contributed by atoms with van der Waals surface area (Å²) in [5, 5.41) is 4.80. The predicted octanol–water partition coefficient (Wildman–Crippen LogP) is 2.76. The van der Waals surface area contributed by atoms with Crippen molar-refractivity contribution in [3.63, 3.8) is 0 Å². The second-order valence-corrected chi connectivity index (χ2v) is 5.42. The lowest BCUT2D eigenvalue weighted by molar-refractivity contribution is 0.538. The summed E-state index contributed by atoms with van der Waals surface area (Å²) in [5.41, 5.74) is 0. The van der Waals surface area contributed by atoms with Crippen LogP contribution in [0.1, 0.15) is 34.1 Å². The van der Waals surface area contributed by atoms with E-state index >= 15 is 0 Å². The first-order chi connectivity index (χ1) is 5.61. The van der Waals surface area contributed by atoms with Gasteiger partial charge in [-0.15, -0.1) is 0 Å². The zero-order chi connectivity index (χ0) is 9.56. The van der Waals surface area contributed by atoms with E-state index in [9.17, 15) is 0 Å². The lowest BCUT2D eigenvalue weighted by Crippen LogP contribution is -2.24. The van der Waals surface area contributed by atoms with Crippen molar-refractivity contribution in [3.8, 4) is 0 Å². The van der Waals surface area contributed by atoms with Crippen LogP contribution in [0.2, 0.25) is 0 Å². The van der Waals surface area contributed by atoms with E-state index in [1.807, 2.05) is 7.05 Å². The number of thioether (sulfide) groups is 1. The van der Waals surface area contributed by atoms with Crippen molar-refractivity contribution in [2.75, 3.05) is 13.6 Å². The van der Waals surface area contributed by atoms with Crippen LogP contribution in [0.4, 0.5) is 0 Å². The van der Waals surface area contributed by atoms with E-state index in [0.717, 1.165) is 23.0 Å². The Labute approximate surface area is 81.7 Å². The van der Waals surface area contributed by atoms with E-state index in [1.165, 1.54) is 6.42 Å². The third-order valence-corrected chi connectivity index (χ3v) is 4.04. The molecule has 0 saturated heterocycles. The molecule has 0 fully saturated rings. The monoisotopic (exact) mass is 189 g/mol. The molecule has 0 bridgehead atoms. The van der Waals surface area contributed by atoms with E-state index in [-0.39, 0.29) is 0 Å². The maximum absolute atomic E-state index is 3.23. The highest BCUT2D eigenvalue weighted by Gasteiger charge is 2.13. The molecule has 0 spiro atoms. The average Bonchev–Trinajstić information content (AvgIpc) is 2.04. The smallest absolute Gasteiger partial charge is 0.00591 e. The summed E-state index contributed by atoms with van der Waals surface area (Å²) < 4.78 is 0. The van der Waals surface area contributed by atoms with Crippen LogP contribution in [0.3, 0.4) is 0 Å². The van der Waals surface area contributed by atoms with Crippen LogP contribution in [-0.4, -0.2) is 24.1 Å². The fraction of sp³-hybridized carbons (Fsp3) is 1.00. The van der Waals surface area contributed by atoms with E-state index in [0.29, 0.717) is 0 Å². The quantitative estimate of drug-likeness (QED) is 0.689. The average molecular weight is 189 g/mol. The Kier molecular flexibility index (Phi) is 6.96. The number of nitrogens with one attached hydrogen (secondary N) is 1. The summed E-state index contributed by atoms with van der Waals surface area (Å²) in [6, 6.07) is 0. The highest BCUT2D eigenvalue weighted by atomic mass is 32.2. The van der Waals surface area contributed by atoms with Crippen LogP contribution in [0.15, 0.2) is 0 Å². The summed E-state index contributed by atoms with van der Waals surface area (Å²) in [6.07, 6.45) is 1.28. The normalized spacial score (nSPS) is 18.8. The van der Waals surface area contributed by atoms with Gasteiger partial charge in [0.25, 0.3) is 0 Å². The minimum atomic E-state index is 0.771. The Morgan fingerprint density at radius 3 is 2.25 bits per heavy atom. The Morgan fingerprint density at radius 1 is 1.25 bits per heavy atom. The molecule has 0 aliphatic rings. The standard InChI is InChI=1S/C10H23NS/c1-6-9(3)12-10(4)8(2)7-11-5/h8-11H,6-7H2,1-5H3/t8-,9?,10?/m0/s1. The fourth-order valence-corrected chi connectivity index (χ4v) is 2.37. The first-order valence-electron chi connectivity index (χ1n) is 4.91. The molecule has 0 rings (SSSR count). The third kappa shape index (κ3) is 5.04. The molecule has 0 saturated carbocycles. The number of hydrogen-bond donors (Lipinski definition) is 1. The summed E-state index contributed by atoms with van der Waals surface area (Å²) >= 11 is 2.11. The van der Waals surface area contributed by atoms with Crippen molar-refractivity contribution in [1.82, 2.24) is 5.32 Å². The molecule has 3 atom stereocenters. The molecule has 2 unspecified atom stereocenters. The van der Waals surface area contributed by atoms with Crippen LogP contribution in [-0.2, 0) is 0 Å². The van der Waals surface area contributed by atoms with Crippen LogP contribution >= 0.6 is 11.8 Å². The van der Waals surface area contributed by atoms with Gasteiger partial charge >= 0.3 is 0 Å². The molecule has 74 valence electrons.